The van der Waals surface area contributed by atoms with E-state index in [1.54, 1.807) is 40.1 Å². The third kappa shape index (κ3) is 3.79. The number of aliphatic hydroxyl groups excluding tert-OH is 2. The zero-order valence-corrected chi connectivity index (χ0v) is 21.0. The molecular weight excluding hydrogens is 480 g/mol. The van der Waals surface area contributed by atoms with E-state index in [9.17, 15) is 39.6 Å². The average Bonchev–Trinajstić information content (AvgIpc) is 2.80. The van der Waals surface area contributed by atoms with Crippen molar-refractivity contribution in [3.63, 3.8) is 0 Å². The number of phenolic OH excluding ortho intramolecular Hbond substituents is 1. The summed E-state index contributed by atoms with van der Waals surface area (Å²) in [6, 6.07) is 1.83. The maximum absolute atomic E-state index is 13.6. The summed E-state index contributed by atoms with van der Waals surface area (Å²) in [7, 11) is 3.14. The summed E-state index contributed by atoms with van der Waals surface area (Å²) in [6.07, 6.45) is 3.12. The van der Waals surface area contributed by atoms with Gasteiger partial charge in [-0.15, -0.1) is 0 Å². The molecule has 10 heteroatoms. The molecule has 0 radical (unpaired) electrons. The first-order valence-corrected chi connectivity index (χ1v) is 11.9. The van der Waals surface area contributed by atoms with E-state index in [1.165, 1.54) is 17.0 Å². The molecule has 0 heterocycles. The molecule has 6 N–H and O–H groups in total. The number of benzene rings is 1. The van der Waals surface area contributed by atoms with Crippen LogP contribution < -0.4 is 5.73 Å². The second-order valence-electron chi connectivity index (χ2n) is 10.4. The van der Waals surface area contributed by atoms with Gasteiger partial charge in [0, 0.05) is 17.4 Å². The molecule has 0 aliphatic heterocycles. The summed E-state index contributed by atoms with van der Waals surface area (Å²) >= 11 is 0. The van der Waals surface area contributed by atoms with Crippen LogP contribution in [-0.4, -0.2) is 74.3 Å². The molecular formula is C27H30N2O8. The van der Waals surface area contributed by atoms with Crippen molar-refractivity contribution >= 4 is 29.3 Å². The topological polar surface area (TPSA) is 178 Å². The normalized spacial score (nSPS) is 27.6. The van der Waals surface area contributed by atoms with Crippen molar-refractivity contribution in [2.45, 2.75) is 38.3 Å². The number of fused-ring (bicyclic) bond motifs is 3. The van der Waals surface area contributed by atoms with Crippen molar-refractivity contribution < 1.29 is 39.6 Å². The van der Waals surface area contributed by atoms with Crippen LogP contribution in [-0.2, 0) is 20.8 Å². The molecule has 0 fully saturated rings. The first-order chi connectivity index (χ1) is 17.2. The molecule has 0 aromatic heterocycles. The number of Topliss-reactive ketones (excluding diaryl/α,β-unsaturated/α-hetero) is 2. The van der Waals surface area contributed by atoms with Gasteiger partial charge >= 0.3 is 0 Å². The maximum atomic E-state index is 13.6. The standard InChI is InChI=1S/C27H30N2O8/c1-11(2)16(30)7-5-12-6-8-17(31)19-14(12)9-13-10-15-21(29(3)4)23(33)20(26(28)36)25(35)27(15,37)24(34)18(13)22(19)32/h5-8,11,13,15,21,31,33-34,37H,9-10H2,1-4H3,(H2,28,36)/b7-5+/t13-,15-,21-,27-/m0/s1. The fourth-order valence-corrected chi connectivity index (χ4v) is 5.80. The van der Waals surface area contributed by atoms with Crippen molar-refractivity contribution in [2.75, 3.05) is 14.1 Å². The summed E-state index contributed by atoms with van der Waals surface area (Å²) < 4.78 is 0. The van der Waals surface area contributed by atoms with Crippen molar-refractivity contribution in [1.29, 1.82) is 0 Å². The number of aromatic hydroxyl groups is 1. The number of primary amides is 1. The molecule has 1 aromatic carbocycles. The molecule has 3 aliphatic carbocycles. The van der Waals surface area contributed by atoms with E-state index in [0.717, 1.165) is 0 Å². The van der Waals surface area contributed by atoms with E-state index in [0.29, 0.717) is 11.1 Å². The van der Waals surface area contributed by atoms with Crippen LogP contribution in [0.2, 0.25) is 0 Å². The third-order valence-electron chi connectivity index (χ3n) is 7.64. The molecule has 3 aliphatic rings. The summed E-state index contributed by atoms with van der Waals surface area (Å²) in [4.78, 5) is 52.6. The molecule has 0 saturated carbocycles. The number of allylic oxidation sites excluding steroid dienone is 2. The van der Waals surface area contributed by atoms with E-state index < -0.39 is 58.0 Å². The Morgan fingerprint density at radius 1 is 1.16 bits per heavy atom. The highest BCUT2D eigenvalue weighted by Crippen LogP contribution is 2.52. The van der Waals surface area contributed by atoms with Gasteiger partial charge < -0.3 is 26.2 Å². The second kappa shape index (κ2) is 8.97. The molecule has 1 aromatic rings. The molecule has 196 valence electrons. The van der Waals surface area contributed by atoms with Gasteiger partial charge in [0.05, 0.1) is 11.6 Å². The SMILES string of the molecule is CC(C)C(=O)/C=C/c1ccc(O)c2c1C[C@H]1C[C@H]3[C@H](N(C)C)C(O)=C(C(N)=O)C(=O)[C@@]3(O)C(O)=C1C2=O. The second-order valence-corrected chi connectivity index (χ2v) is 10.4. The first-order valence-electron chi connectivity index (χ1n) is 11.9. The minimum Gasteiger partial charge on any atom is -0.510 e. The number of carbonyl (C=O) groups excluding carboxylic acids is 4. The highest BCUT2D eigenvalue weighted by atomic mass is 16.3. The van der Waals surface area contributed by atoms with Gasteiger partial charge in [0.25, 0.3) is 5.91 Å². The quantitative estimate of drug-likeness (QED) is 0.289. The summed E-state index contributed by atoms with van der Waals surface area (Å²) in [5.41, 5.74) is 2.48. The Morgan fingerprint density at radius 2 is 1.81 bits per heavy atom. The summed E-state index contributed by atoms with van der Waals surface area (Å²) in [5, 5.41) is 44.2. The predicted molar refractivity (Wildman–Crippen MR) is 133 cm³/mol. The Kier molecular flexibility index (Phi) is 6.37. The number of nitrogens with zero attached hydrogens (tertiary/aromatic N) is 1. The number of rotatable bonds is 5. The lowest BCUT2D eigenvalue weighted by molar-refractivity contribution is -0.148. The molecule has 1 amide bonds. The number of likely N-dealkylation sites (N-methyl/N-ethyl adjacent to an activating group) is 1. The molecule has 0 spiro atoms. The molecule has 0 saturated heterocycles. The number of amides is 1. The molecule has 4 atom stereocenters. The Balaban J connectivity index is 1.91. The minimum atomic E-state index is -2.68. The first kappa shape index (κ1) is 26.3. The molecule has 0 unspecified atom stereocenters. The van der Waals surface area contributed by atoms with Gasteiger partial charge in [-0.3, -0.25) is 24.1 Å². The van der Waals surface area contributed by atoms with Gasteiger partial charge in [-0.05, 0) is 56.1 Å². The minimum absolute atomic E-state index is 0.00447. The van der Waals surface area contributed by atoms with Gasteiger partial charge in [0.2, 0.25) is 5.78 Å². The number of ketones is 3. The van der Waals surface area contributed by atoms with Crippen LogP contribution >= 0.6 is 0 Å². The summed E-state index contributed by atoms with van der Waals surface area (Å²) in [5.74, 6) is -7.34. The van der Waals surface area contributed by atoms with Gasteiger partial charge in [-0.2, -0.15) is 0 Å². The fourth-order valence-electron chi connectivity index (χ4n) is 5.80. The number of hydrogen-bond acceptors (Lipinski definition) is 9. The smallest absolute Gasteiger partial charge is 0.255 e. The number of nitrogens with two attached hydrogens (primary N) is 1. The monoisotopic (exact) mass is 510 g/mol. The Morgan fingerprint density at radius 3 is 2.38 bits per heavy atom. The van der Waals surface area contributed by atoms with E-state index in [1.807, 2.05) is 0 Å². The van der Waals surface area contributed by atoms with Gasteiger partial charge in [-0.1, -0.05) is 26.0 Å². The number of aliphatic hydroxyl groups is 3. The van der Waals surface area contributed by atoms with Crippen LogP contribution in [0.25, 0.3) is 6.08 Å². The fraction of sp³-hybridized carbons (Fsp3) is 0.407. The van der Waals surface area contributed by atoms with E-state index >= 15 is 0 Å². The third-order valence-corrected chi connectivity index (χ3v) is 7.64. The van der Waals surface area contributed by atoms with E-state index in [4.69, 9.17) is 5.73 Å². The number of phenols is 1. The van der Waals surface area contributed by atoms with Crippen LogP contribution in [0.3, 0.4) is 0 Å². The lowest BCUT2D eigenvalue weighted by Gasteiger charge is -2.50. The lowest BCUT2D eigenvalue weighted by Crippen LogP contribution is -2.63. The Hall–Kier alpha value is -3.76. The molecule has 10 nitrogen and oxygen atoms in total. The molecule has 0 bridgehead atoms. The molecule has 4 rings (SSSR count). The average molecular weight is 511 g/mol. The van der Waals surface area contributed by atoms with Gasteiger partial charge in [-0.25, -0.2) is 0 Å². The Labute approximate surface area is 213 Å². The zero-order valence-electron chi connectivity index (χ0n) is 21.0. The van der Waals surface area contributed by atoms with E-state index in [2.05, 4.69) is 0 Å². The zero-order chi connectivity index (χ0) is 27.6. The highest BCUT2D eigenvalue weighted by molar-refractivity contribution is 6.24. The van der Waals surface area contributed by atoms with Crippen molar-refractivity contribution in [3.05, 3.63) is 57.6 Å². The van der Waals surface area contributed by atoms with Crippen LogP contribution in [0.5, 0.6) is 5.75 Å². The largest absolute Gasteiger partial charge is 0.510 e. The maximum Gasteiger partial charge on any atom is 0.255 e. The Bertz CT molecular complexity index is 1340. The van der Waals surface area contributed by atoms with E-state index in [-0.39, 0.29) is 41.4 Å². The molecule has 37 heavy (non-hydrogen) atoms. The van der Waals surface area contributed by atoms with Crippen LogP contribution in [0, 0.1) is 17.8 Å². The van der Waals surface area contributed by atoms with Gasteiger partial charge in [0.1, 0.15) is 22.8 Å². The van der Waals surface area contributed by atoms with Crippen molar-refractivity contribution in [1.82, 2.24) is 4.90 Å². The number of hydrogen-bond donors (Lipinski definition) is 5. The van der Waals surface area contributed by atoms with Crippen molar-refractivity contribution in [3.8, 4) is 5.75 Å². The summed E-state index contributed by atoms with van der Waals surface area (Å²) in [6.45, 7) is 3.51. The number of carbonyl (C=O) groups is 4. The predicted octanol–water partition coefficient (Wildman–Crippen LogP) is 1.36. The van der Waals surface area contributed by atoms with Crippen LogP contribution in [0.15, 0.2) is 40.9 Å². The lowest BCUT2D eigenvalue weighted by atomic mass is 9.58. The van der Waals surface area contributed by atoms with Gasteiger partial charge in [0.15, 0.2) is 17.2 Å². The van der Waals surface area contributed by atoms with Crippen LogP contribution in [0.1, 0.15) is 41.8 Å². The highest BCUT2D eigenvalue weighted by Gasteiger charge is 2.63. The van der Waals surface area contributed by atoms with Crippen molar-refractivity contribution in [2.24, 2.45) is 23.5 Å². The van der Waals surface area contributed by atoms with Crippen LogP contribution in [0.4, 0.5) is 0 Å².